The summed E-state index contributed by atoms with van der Waals surface area (Å²) in [6.07, 6.45) is 0. The maximum Gasteiger partial charge on any atom is 0.400 e. The van der Waals surface area contributed by atoms with Crippen LogP contribution in [-0.2, 0) is 0 Å². The van der Waals surface area contributed by atoms with Gasteiger partial charge < -0.3 is 5.48 Å². The summed E-state index contributed by atoms with van der Waals surface area (Å²) in [5.41, 5.74) is 0. The minimum absolute atomic E-state index is 0. The first-order chi connectivity index (χ1) is 4.52. The third kappa shape index (κ3) is 10.8. The van der Waals surface area contributed by atoms with Gasteiger partial charge >= 0.3 is 13.2 Å². The first-order valence-electron chi connectivity index (χ1n) is 4.16. The van der Waals surface area contributed by atoms with Crippen molar-refractivity contribution >= 4 is 23.3 Å². The van der Waals surface area contributed by atoms with Gasteiger partial charge in [-0.2, -0.15) is 0 Å². The predicted octanol–water partition coefficient (Wildman–Crippen LogP) is 2.70. The minimum atomic E-state index is -0.846. The highest BCUT2D eigenvalue weighted by molar-refractivity contribution is 7.06. The van der Waals surface area contributed by atoms with Crippen molar-refractivity contribution in [2.45, 2.75) is 38.3 Å². The molecule has 0 aromatic rings. The summed E-state index contributed by atoms with van der Waals surface area (Å²) in [4.78, 5) is 0. The highest BCUT2D eigenvalue weighted by Crippen LogP contribution is 2.16. The van der Waals surface area contributed by atoms with E-state index in [9.17, 15) is 0 Å². The summed E-state index contributed by atoms with van der Waals surface area (Å²) in [5, 5.41) is 2.58. The Morgan fingerprint density at radius 3 is 1.45 bits per heavy atom. The highest BCUT2D eigenvalue weighted by Gasteiger charge is 2.17. The van der Waals surface area contributed by atoms with Crippen LogP contribution in [0.3, 0.4) is 0 Å². The second-order valence-corrected chi connectivity index (χ2v) is 7.85. The van der Waals surface area contributed by atoms with Gasteiger partial charge in [0.15, 0.2) is 0 Å². The Kier molecular flexibility index (Phi) is 9.67. The van der Waals surface area contributed by atoms with Crippen LogP contribution in [0.1, 0.15) is 27.7 Å². The molecule has 0 aliphatic heterocycles. The number of halogens is 1. The fourth-order valence-corrected chi connectivity index (χ4v) is 5.50. The molecule has 0 aliphatic rings. The normalized spacial score (nSPS) is 10.1. The molecule has 0 aromatic carbocycles. The third-order valence-corrected chi connectivity index (χ3v) is 5.43. The van der Waals surface area contributed by atoms with Crippen molar-refractivity contribution in [1.82, 2.24) is 0 Å². The summed E-state index contributed by atoms with van der Waals surface area (Å²) in [6, 6.07) is 0. The van der Waals surface area contributed by atoms with E-state index in [0.29, 0.717) is 0 Å². The molecular weight excluding hydrogens is 175 g/mol. The van der Waals surface area contributed by atoms with Gasteiger partial charge in [0.05, 0.1) is 0 Å². The molecule has 0 saturated carbocycles. The summed E-state index contributed by atoms with van der Waals surface area (Å²) >= 11 is -0.846. The summed E-state index contributed by atoms with van der Waals surface area (Å²) in [5.74, 6) is 1.60. The largest absolute Gasteiger partial charge is 0.412 e. The molecule has 11 heavy (non-hydrogen) atoms. The van der Waals surface area contributed by atoms with E-state index in [0.717, 1.165) is 11.8 Å². The van der Waals surface area contributed by atoms with Gasteiger partial charge in [0.2, 0.25) is 0 Å². The molecule has 0 rings (SSSR count). The molecule has 0 aromatic heterocycles. The van der Waals surface area contributed by atoms with Crippen molar-refractivity contribution in [2.24, 2.45) is 11.8 Å². The van der Waals surface area contributed by atoms with Crippen LogP contribution in [0.25, 0.3) is 0 Å². The lowest BCUT2D eigenvalue weighted by Gasteiger charge is -2.08. The van der Waals surface area contributed by atoms with Crippen LogP contribution < -0.4 is 0 Å². The first-order valence-corrected chi connectivity index (χ1v) is 7.54. The van der Waals surface area contributed by atoms with Gasteiger partial charge in [-0.1, -0.05) is 50.1 Å². The van der Waals surface area contributed by atoms with Crippen LogP contribution in [0.2, 0.25) is 10.6 Å². The molecular formula is C8H20AlClO. The van der Waals surface area contributed by atoms with Gasteiger partial charge in [0.1, 0.15) is 0 Å². The van der Waals surface area contributed by atoms with Crippen LogP contribution in [0.4, 0.5) is 0 Å². The fourth-order valence-electron chi connectivity index (χ4n) is 1.12. The molecule has 0 bridgehead atoms. The number of hydrogen-bond donors (Lipinski definition) is 0. The molecule has 3 heteroatoms. The van der Waals surface area contributed by atoms with Gasteiger partial charge in [0, 0.05) is 0 Å². The van der Waals surface area contributed by atoms with Crippen LogP contribution >= 0.6 is 10.0 Å². The zero-order chi connectivity index (χ0) is 8.15. The Morgan fingerprint density at radius 1 is 1.00 bits per heavy atom. The molecule has 0 amide bonds. The SMILES string of the molecule is CC(C)[CH2][Al]([Cl])[CH2]C(C)C.O. The summed E-state index contributed by atoms with van der Waals surface area (Å²) in [6.45, 7) is 9.01. The van der Waals surface area contributed by atoms with E-state index in [-0.39, 0.29) is 5.48 Å². The Morgan fingerprint density at radius 2 is 1.27 bits per heavy atom. The lowest BCUT2D eigenvalue weighted by molar-refractivity contribution is 0.697. The van der Waals surface area contributed by atoms with Crippen LogP contribution in [0.5, 0.6) is 0 Å². The topological polar surface area (TPSA) is 31.5 Å². The molecule has 0 atom stereocenters. The summed E-state index contributed by atoms with van der Waals surface area (Å²) < 4.78 is 0. The average molecular weight is 195 g/mol. The highest BCUT2D eigenvalue weighted by atomic mass is 35.6. The predicted molar refractivity (Wildman–Crippen MR) is 54.5 cm³/mol. The fraction of sp³-hybridized carbons (Fsp3) is 1.00. The molecule has 2 N–H and O–H groups in total. The number of hydrogen-bond acceptors (Lipinski definition) is 0. The smallest absolute Gasteiger partial charge is 0.400 e. The van der Waals surface area contributed by atoms with E-state index in [1.165, 1.54) is 10.6 Å². The average Bonchev–Trinajstić information content (AvgIpc) is 1.58. The van der Waals surface area contributed by atoms with E-state index in [2.05, 4.69) is 27.7 Å². The maximum atomic E-state index is 6.21. The van der Waals surface area contributed by atoms with Gasteiger partial charge in [-0.3, -0.25) is 10.0 Å². The van der Waals surface area contributed by atoms with E-state index in [4.69, 9.17) is 10.0 Å². The molecule has 1 nitrogen and oxygen atoms in total. The van der Waals surface area contributed by atoms with Gasteiger partial charge in [-0.25, -0.2) is 0 Å². The second-order valence-electron chi connectivity index (χ2n) is 3.86. The van der Waals surface area contributed by atoms with Crippen LogP contribution in [0.15, 0.2) is 0 Å². The molecule has 0 spiro atoms. The zero-order valence-corrected chi connectivity index (χ0v) is 9.93. The molecule has 0 saturated heterocycles. The van der Waals surface area contributed by atoms with E-state index < -0.39 is 13.2 Å². The van der Waals surface area contributed by atoms with E-state index in [1.54, 1.807) is 0 Å². The van der Waals surface area contributed by atoms with Crippen molar-refractivity contribution in [1.29, 1.82) is 0 Å². The Balaban J connectivity index is 0. The summed E-state index contributed by atoms with van der Waals surface area (Å²) in [7, 11) is 6.21. The molecule has 0 radical (unpaired) electrons. The minimum Gasteiger partial charge on any atom is -0.412 e. The zero-order valence-electron chi connectivity index (χ0n) is 8.02. The van der Waals surface area contributed by atoms with E-state index >= 15 is 0 Å². The maximum absolute atomic E-state index is 6.21. The van der Waals surface area contributed by atoms with Crippen molar-refractivity contribution in [3.63, 3.8) is 0 Å². The second kappa shape index (κ2) is 7.43. The van der Waals surface area contributed by atoms with E-state index in [1.807, 2.05) is 0 Å². The molecule has 0 heterocycles. The monoisotopic (exact) mass is 194 g/mol. The quantitative estimate of drug-likeness (QED) is 0.617. The molecule has 0 fully saturated rings. The van der Waals surface area contributed by atoms with Crippen molar-refractivity contribution in [2.75, 3.05) is 0 Å². The lowest BCUT2D eigenvalue weighted by atomic mass is 10.3. The first kappa shape index (κ1) is 14.3. The molecule has 0 aliphatic carbocycles. The Labute approximate surface area is 79.0 Å². The standard InChI is InChI=1S/2C4H9.Al.ClH.H2O/c2*1-4(2)3;;;/h2*4H,1H2,2-3H3;;1H;1H2/q;;+1;;/p-1. The van der Waals surface area contributed by atoms with Crippen LogP contribution in [0, 0.1) is 11.8 Å². The Bertz CT molecular complexity index is 76.2. The number of rotatable bonds is 4. The van der Waals surface area contributed by atoms with Crippen molar-refractivity contribution < 1.29 is 5.48 Å². The van der Waals surface area contributed by atoms with Crippen LogP contribution in [-0.4, -0.2) is 18.7 Å². The third-order valence-electron chi connectivity index (χ3n) is 1.45. The molecule has 68 valence electrons. The van der Waals surface area contributed by atoms with Crippen molar-refractivity contribution in [3.05, 3.63) is 0 Å². The van der Waals surface area contributed by atoms with Gasteiger partial charge in [0.25, 0.3) is 0 Å². The van der Waals surface area contributed by atoms with Gasteiger partial charge in [-0.05, 0) is 0 Å². The lowest BCUT2D eigenvalue weighted by Crippen LogP contribution is -2.09. The van der Waals surface area contributed by atoms with Crippen molar-refractivity contribution in [3.8, 4) is 0 Å². The molecule has 0 unspecified atom stereocenters. The van der Waals surface area contributed by atoms with Gasteiger partial charge in [-0.15, -0.1) is 0 Å². The Hall–Kier alpha value is 0.782.